The van der Waals surface area contributed by atoms with Crippen LogP contribution in [0, 0.1) is 0 Å². The summed E-state index contributed by atoms with van der Waals surface area (Å²) in [5.41, 5.74) is 1.69. The quantitative estimate of drug-likeness (QED) is 0.829. The zero-order valence-electron chi connectivity index (χ0n) is 10.2. The van der Waals surface area contributed by atoms with Crippen molar-refractivity contribution in [1.29, 1.82) is 0 Å². The first-order chi connectivity index (χ1) is 8.93. The van der Waals surface area contributed by atoms with Crippen molar-refractivity contribution in [2.45, 2.75) is 25.4 Å². The van der Waals surface area contributed by atoms with E-state index >= 15 is 0 Å². The highest BCUT2D eigenvalue weighted by atomic mass is 16.5. The van der Waals surface area contributed by atoms with Gasteiger partial charge in [-0.3, -0.25) is 9.97 Å². The monoisotopic (exact) mass is 244 g/mol. The van der Waals surface area contributed by atoms with Gasteiger partial charge in [0.15, 0.2) is 0 Å². The van der Waals surface area contributed by atoms with Gasteiger partial charge in [0, 0.05) is 31.5 Å². The van der Waals surface area contributed by atoms with Gasteiger partial charge in [-0.05, 0) is 25.0 Å². The summed E-state index contributed by atoms with van der Waals surface area (Å²) in [7, 11) is 0. The fourth-order valence-corrected chi connectivity index (χ4v) is 2.24. The molecule has 0 saturated carbocycles. The molecule has 0 N–H and O–H groups in total. The maximum Gasteiger partial charge on any atom is 0.148 e. The molecule has 0 aromatic carbocycles. The lowest BCUT2D eigenvalue weighted by atomic mass is 10.2. The minimum atomic E-state index is 0.367. The van der Waals surface area contributed by atoms with Crippen LogP contribution in [0.1, 0.15) is 19.3 Å². The summed E-state index contributed by atoms with van der Waals surface area (Å²) in [6, 6.07) is 5.69. The van der Waals surface area contributed by atoms with E-state index in [1.54, 1.807) is 12.4 Å². The number of hydrogen-bond acceptors (Lipinski definition) is 4. The van der Waals surface area contributed by atoms with E-state index in [0.29, 0.717) is 12.7 Å². The molecule has 94 valence electrons. The van der Waals surface area contributed by atoms with E-state index in [9.17, 15) is 0 Å². The van der Waals surface area contributed by atoms with Gasteiger partial charge in [0.05, 0.1) is 18.2 Å². The Bertz CT molecular complexity index is 519. The van der Waals surface area contributed by atoms with E-state index < -0.39 is 0 Å². The van der Waals surface area contributed by atoms with Gasteiger partial charge in [0.1, 0.15) is 11.3 Å². The summed E-state index contributed by atoms with van der Waals surface area (Å²) in [4.78, 5) is 8.57. The Labute approximate surface area is 106 Å². The summed E-state index contributed by atoms with van der Waals surface area (Å²) in [5, 5.41) is 0. The van der Waals surface area contributed by atoms with Crippen LogP contribution in [0.3, 0.4) is 0 Å². The molecular weight excluding hydrogens is 228 g/mol. The molecule has 2 aromatic rings. The highest BCUT2D eigenvalue weighted by molar-refractivity contribution is 5.80. The first kappa shape index (κ1) is 11.4. The molecule has 1 atom stereocenters. The molecule has 0 bridgehead atoms. The molecule has 3 heterocycles. The maximum atomic E-state index is 5.80. The smallest absolute Gasteiger partial charge is 0.148 e. The van der Waals surface area contributed by atoms with E-state index in [1.165, 1.54) is 6.42 Å². The molecule has 1 fully saturated rings. The van der Waals surface area contributed by atoms with Gasteiger partial charge in [0.2, 0.25) is 0 Å². The van der Waals surface area contributed by atoms with Gasteiger partial charge in [-0.15, -0.1) is 0 Å². The van der Waals surface area contributed by atoms with E-state index in [0.717, 1.165) is 36.2 Å². The minimum Gasteiger partial charge on any atom is -0.491 e. The summed E-state index contributed by atoms with van der Waals surface area (Å²) in [5.74, 6) is 0.804. The molecule has 2 aromatic heterocycles. The lowest BCUT2D eigenvalue weighted by molar-refractivity contribution is 0.0905. The first-order valence-corrected chi connectivity index (χ1v) is 6.37. The fourth-order valence-electron chi connectivity index (χ4n) is 2.24. The molecule has 1 aliphatic rings. The third kappa shape index (κ3) is 2.43. The van der Waals surface area contributed by atoms with E-state index in [1.807, 2.05) is 18.2 Å². The van der Waals surface area contributed by atoms with Crippen molar-refractivity contribution in [3.05, 3.63) is 30.6 Å². The van der Waals surface area contributed by atoms with Crippen molar-refractivity contribution in [3.63, 3.8) is 0 Å². The van der Waals surface area contributed by atoms with Crippen LogP contribution in [0.4, 0.5) is 0 Å². The largest absolute Gasteiger partial charge is 0.491 e. The zero-order valence-corrected chi connectivity index (χ0v) is 10.2. The molecule has 0 aliphatic carbocycles. The second-order valence-electron chi connectivity index (χ2n) is 4.45. The van der Waals surface area contributed by atoms with Gasteiger partial charge in [-0.25, -0.2) is 0 Å². The standard InChI is InChI=1S/C14H16N2O2/c1-4-12-14(16-7-1)13(5-8-15-12)18-10-6-11-3-2-9-17-11/h1,4-5,7-8,11H,2-3,6,9-10H2. The van der Waals surface area contributed by atoms with Crippen molar-refractivity contribution in [2.24, 2.45) is 0 Å². The lowest BCUT2D eigenvalue weighted by Crippen LogP contribution is -2.11. The number of fused-ring (bicyclic) bond motifs is 1. The Kier molecular flexibility index (Phi) is 3.37. The molecule has 1 saturated heterocycles. The second kappa shape index (κ2) is 5.31. The van der Waals surface area contributed by atoms with Gasteiger partial charge in [-0.1, -0.05) is 0 Å². The Hall–Kier alpha value is -1.68. The normalized spacial score (nSPS) is 19.2. The highest BCUT2D eigenvalue weighted by Gasteiger charge is 2.15. The predicted molar refractivity (Wildman–Crippen MR) is 68.6 cm³/mol. The van der Waals surface area contributed by atoms with Gasteiger partial charge in [0.25, 0.3) is 0 Å². The average molecular weight is 244 g/mol. The Morgan fingerprint density at radius 3 is 3.17 bits per heavy atom. The highest BCUT2D eigenvalue weighted by Crippen LogP contribution is 2.22. The Balaban J connectivity index is 1.66. The molecular formula is C14H16N2O2. The average Bonchev–Trinajstić information content (AvgIpc) is 2.92. The Morgan fingerprint density at radius 2 is 2.28 bits per heavy atom. The number of rotatable bonds is 4. The van der Waals surface area contributed by atoms with Crippen LogP contribution in [0.25, 0.3) is 11.0 Å². The van der Waals surface area contributed by atoms with Crippen molar-refractivity contribution >= 4 is 11.0 Å². The third-order valence-electron chi connectivity index (χ3n) is 3.18. The lowest BCUT2D eigenvalue weighted by Gasteiger charge is -2.11. The van der Waals surface area contributed by atoms with Crippen LogP contribution in [0.5, 0.6) is 5.75 Å². The van der Waals surface area contributed by atoms with Crippen LogP contribution >= 0.6 is 0 Å². The number of ether oxygens (including phenoxy) is 2. The van der Waals surface area contributed by atoms with Crippen molar-refractivity contribution in [2.75, 3.05) is 13.2 Å². The first-order valence-electron chi connectivity index (χ1n) is 6.37. The fraction of sp³-hybridized carbons (Fsp3) is 0.429. The van der Waals surface area contributed by atoms with Crippen LogP contribution in [0.2, 0.25) is 0 Å². The number of pyridine rings is 2. The maximum absolute atomic E-state index is 5.80. The summed E-state index contributed by atoms with van der Waals surface area (Å²) < 4.78 is 11.4. The topological polar surface area (TPSA) is 44.2 Å². The number of aromatic nitrogens is 2. The summed E-state index contributed by atoms with van der Waals surface area (Å²) in [6.45, 7) is 1.56. The molecule has 4 nitrogen and oxygen atoms in total. The van der Waals surface area contributed by atoms with Gasteiger partial charge < -0.3 is 9.47 Å². The predicted octanol–water partition coefficient (Wildman–Crippen LogP) is 2.58. The zero-order chi connectivity index (χ0) is 12.2. The van der Waals surface area contributed by atoms with Crippen molar-refractivity contribution in [1.82, 2.24) is 9.97 Å². The van der Waals surface area contributed by atoms with Crippen molar-refractivity contribution < 1.29 is 9.47 Å². The Morgan fingerprint density at radius 1 is 1.28 bits per heavy atom. The molecule has 1 unspecified atom stereocenters. The molecule has 3 rings (SSSR count). The number of nitrogens with zero attached hydrogens (tertiary/aromatic N) is 2. The number of hydrogen-bond donors (Lipinski definition) is 0. The van der Waals surface area contributed by atoms with E-state index in [-0.39, 0.29) is 0 Å². The van der Waals surface area contributed by atoms with Crippen LogP contribution in [-0.2, 0) is 4.74 Å². The molecule has 0 amide bonds. The molecule has 0 radical (unpaired) electrons. The second-order valence-corrected chi connectivity index (χ2v) is 4.45. The molecule has 18 heavy (non-hydrogen) atoms. The minimum absolute atomic E-state index is 0.367. The van der Waals surface area contributed by atoms with E-state index in [2.05, 4.69) is 9.97 Å². The molecule has 1 aliphatic heterocycles. The van der Waals surface area contributed by atoms with E-state index in [4.69, 9.17) is 9.47 Å². The third-order valence-corrected chi connectivity index (χ3v) is 3.18. The van der Waals surface area contributed by atoms with Crippen LogP contribution in [0.15, 0.2) is 30.6 Å². The van der Waals surface area contributed by atoms with Gasteiger partial charge in [-0.2, -0.15) is 0 Å². The van der Waals surface area contributed by atoms with Crippen molar-refractivity contribution in [3.8, 4) is 5.75 Å². The molecule has 4 heteroatoms. The molecule has 0 spiro atoms. The van der Waals surface area contributed by atoms with Crippen LogP contribution in [-0.4, -0.2) is 29.3 Å². The summed E-state index contributed by atoms with van der Waals surface area (Å²) in [6.07, 6.45) is 7.15. The SMILES string of the molecule is c1cnc2c(OCCC3CCCO3)ccnc2c1. The summed E-state index contributed by atoms with van der Waals surface area (Å²) >= 11 is 0. The van der Waals surface area contributed by atoms with Crippen LogP contribution < -0.4 is 4.74 Å². The van der Waals surface area contributed by atoms with Gasteiger partial charge >= 0.3 is 0 Å².